The highest BCUT2D eigenvalue weighted by molar-refractivity contribution is 4.79. The number of nitrogens with one attached hydrogen (secondary N) is 1. The summed E-state index contributed by atoms with van der Waals surface area (Å²) in [6.07, 6.45) is 5.49. The van der Waals surface area contributed by atoms with Gasteiger partial charge in [-0.05, 0) is 51.7 Å². The summed E-state index contributed by atoms with van der Waals surface area (Å²) in [6, 6.07) is 0.694. The van der Waals surface area contributed by atoms with Crippen LogP contribution in [0.2, 0.25) is 0 Å². The van der Waals surface area contributed by atoms with Crippen molar-refractivity contribution in [2.75, 3.05) is 26.2 Å². The quantitative estimate of drug-likeness (QED) is 0.728. The van der Waals surface area contributed by atoms with Crippen molar-refractivity contribution in [3.05, 3.63) is 0 Å². The summed E-state index contributed by atoms with van der Waals surface area (Å²) >= 11 is 0. The van der Waals surface area contributed by atoms with E-state index >= 15 is 0 Å². The standard InChI is InChI=1S/C13H28N2/c1-4-6-9-15-10-7-8-13(11-15)12(3)14-5-2/h12-14H,4-11H2,1-3H3. The molecule has 1 fully saturated rings. The lowest BCUT2D eigenvalue weighted by atomic mass is 9.91. The average molecular weight is 212 g/mol. The number of hydrogen-bond donors (Lipinski definition) is 1. The van der Waals surface area contributed by atoms with E-state index in [-0.39, 0.29) is 0 Å². The van der Waals surface area contributed by atoms with Gasteiger partial charge in [0.15, 0.2) is 0 Å². The predicted octanol–water partition coefficient (Wildman–Crippen LogP) is 2.50. The molecule has 0 saturated carbocycles. The average Bonchev–Trinajstić information content (AvgIpc) is 2.27. The number of unbranched alkanes of at least 4 members (excludes halogenated alkanes) is 1. The zero-order valence-corrected chi connectivity index (χ0v) is 10.8. The molecular weight excluding hydrogens is 184 g/mol. The van der Waals surface area contributed by atoms with Crippen molar-refractivity contribution in [3.63, 3.8) is 0 Å². The van der Waals surface area contributed by atoms with Crippen molar-refractivity contribution in [3.8, 4) is 0 Å². The van der Waals surface area contributed by atoms with Gasteiger partial charge in [-0.15, -0.1) is 0 Å². The second-order valence-corrected chi connectivity index (χ2v) is 4.90. The smallest absolute Gasteiger partial charge is 0.00791 e. The molecule has 1 saturated heterocycles. The molecule has 2 nitrogen and oxygen atoms in total. The van der Waals surface area contributed by atoms with E-state index in [2.05, 4.69) is 31.0 Å². The van der Waals surface area contributed by atoms with Crippen LogP contribution < -0.4 is 5.32 Å². The van der Waals surface area contributed by atoms with Crippen LogP contribution >= 0.6 is 0 Å². The molecular formula is C13H28N2. The number of likely N-dealkylation sites (tertiary alicyclic amines) is 1. The maximum absolute atomic E-state index is 3.57. The van der Waals surface area contributed by atoms with Crippen LogP contribution in [0.3, 0.4) is 0 Å². The second kappa shape index (κ2) is 7.24. The molecule has 0 aliphatic carbocycles. The van der Waals surface area contributed by atoms with Crippen LogP contribution in [-0.4, -0.2) is 37.1 Å². The molecule has 1 N–H and O–H groups in total. The molecule has 2 heteroatoms. The van der Waals surface area contributed by atoms with E-state index in [9.17, 15) is 0 Å². The fourth-order valence-electron chi connectivity index (χ4n) is 2.57. The molecule has 15 heavy (non-hydrogen) atoms. The summed E-state index contributed by atoms with van der Waals surface area (Å²) in [7, 11) is 0. The summed E-state index contributed by atoms with van der Waals surface area (Å²) in [4.78, 5) is 2.66. The van der Waals surface area contributed by atoms with Crippen molar-refractivity contribution in [1.29, 1.82) is 0 Å². The minimum absolute atomic E-state index is 0.694. The van der Waals surface area contributed by atoms with Crippen molar-refractivity contribution in [1.82, 2.24) is 10.2 Å². The van der Waals surface area contributed by atoms with Gasteiger partial charge < -0.3 is 10.2 Å². The van der Waals surface area contributed by atoms with Gasteiger partial charge in [-0.2, -0.15) is 0 Å². The van der Waals surface area contributed by atoms with Gasteiger partial charge >= 0.3 is 0 Å². The molecule has 0 aromatic heterocycles. The predicted molar refractivity (Wildman–Crippen MR) is 67.2 cm³/mol. The summed E-state index contributed by atoms with van der Waals surface area (Å²) in [5.41, 5.74) is 0. The third-order valence-corrected chi connectivity index (χ3v) is 3.60. The Bertz CT molecular complexity index is 159. The molecule has 1 rings (SSSR count). The molecule has 0 aromatic rings. The van der Waals surface area contributed by atoms with Gasteiger partial charge in [0, 0.05) is 12.6 Å². The molecule has 1 aliphatic heterocycles. The Kier molecular flexibility index (Phi) is 6.26. The summed E-state index contributed by atoms with van der Waals surface area (Å²) < 4.78 is 0. The maximum Gasteiger partial charge on any atom is 0.00791 e. The topological polar surface area (TPSA) is 15.3 Å². The van der Waals surface area contributed by atoms with E-state index in [1.54, 1.807) is 0 Å². The van der Waals surface area contributed by atoms with Gasteiger partial charge in [-0.25, -0.2) is 0 Å². The third kappa shape index (κ3) is 4.52. The van der Waals surface area contributed by atoms with Crippen LogP contribution in [0.1, 0.15) is 46.5 Å². The van der Waals surface area contributed by atoms with E-state index in [0.717, 1.165) is 12.5 Å². The minimum Gasteiger partial charge on any atom is -0.314 e. The van der Waals surface area contributed by atoms with Crippen molar-refractivity contribution in [2.45, 2.75) is 52.5 Å². The van der Waals surface area contributed by atoms with Crippen LogP contribution in [0.15, 0.2) is 0 Å². The Balaban J connectivity index is 2.28. The second-order valence-electron chi connectivity index (χ2n) is 4.90. The van der Waals surface area contributed by atoms with Crippen LogP contribution in [0.4, 0.5) is 0 Å². The summed E-state index contributed by atoms with van der Waals surface area (Å²) in [5.74, 6) is 0.871. The highest BCUT2D eigenvalue weighted by atomic mass is 15.1. The normalized spacial score (nSPS) is 25.4. The molecule has 0 aromatic carbocycles. The van der Waals surface area contributed by atoms with Gasteiger partial charge in [0.05, 0.1) is 0 Å². The Morgan fingerprint density at radius 1 is 1.40 bits per heavy atom. The first-order valence-electron chi connectivity index (χ1n) is 6.73. The first-order chi connectivity index (χ1) is 7.27. The third-order valence-electron chi connectivity index (χ3n) is 3.60. The summed E-state index contributed by atoms with van der Waals surface area (Å²) in [6.45, 7) is 11.9. The monoisotopic (exact) mass is 212 g/mol. The molecule has 2 unspecified atom stereocenters. The molecule has 0 bridgehead atoms. The minimum atomic E-state index is 0.694. The van der Waals surface area contributed by atoms with Gasteiger partial charge in [0.25, 0.3) is 0 Å². The van der Waals surface area contributed by atoms with E-state index in [4.69, 9.17) is 0 Å². The zero-order valence-electron chi connectivity index (χ0n) is 10.8. The lowest BCUT2D eigenvalue weighted by Crippen LogP contribution is -2.44. The van der Waals surface area contributed by atoms with Gasteiger partial charge in [0.1, 0.15) is 0 Å². The molecule has 0 spiro atoms. The lowest BCUT2D eigenvalue weighted by Gasteiger charge is -2.36. The Morgan fingerprint density at radius 3 is 2.87 bits per heavy atom. The zero-order chi connectivity index (χ0) is 11.1. The highest BCUT2D eigenvalue weighted by Gasteiger charge is 2.23. The Labute approximate surface area is 95.4 Å². The maximum atomic E-state index is 3.57. The first kappa shape index (κ1) is 13.0. The SMILES string of the molecule is CCCCN1CCCC(C(C)NCC)C1. The largest absolute Gasteiger partial charge is 0.314 e. The lowest BCUT2D eigenvalue weighted by molar-refractivity contribution is 0.150. The van der Waals surface area contributed by atoms with Gasteiger partial charge in [-0.3, -0.25) is 0 Å². The van der Waals surface area contributed by atoms with Crippen LogP contribution in [-0.2, 0) is 0 Å². The number of nitrogens with zero attached hydrogens (tertiary/aromatic N) is 1. The molecule has 90 valence electrons. The van der Waals surface area contributed by atoms with Crippen molar-refractivity contribution in [2.24, 2.45) is 5.92 Å². The van der Waals surface area contributed by atoms with Crippen LogP contribution in [0, 0.1) is 5.92 Å². The molecule has 0 amide bonds. The van der Waals surface area contributed by atoms with E-state index < -0.39 is 0 Å². The van der Waals surface area contributed by atoms with E-state index in [1.165, 1.54) is 45.3 Å². The highest BCUT2D eigenvalue weighted by Crippen LogP contribution is 2.19. The van der Waals surface area contributed by atoms with Gasteiger partial charge in [-0.1, -0.05) is 20.3 Å². The molecule has 2 atom stereocenters. The molecule has 0 radical (unpaired) electrons. The van der Waals surface area contributed by atoms with Crippen LogP contribution in [0.5, 0.6) is 0 Å². The molecule has 1 heterocycles. The Morgan fingerprint density at radius 2 is 2.20 bits per heavy atom. The van der Waals surface area contributed by atoms with E-state index in [0.29, 0.717) is 6.04 Å². The number of rotatable bonds is 6. The van der Waals surface area contributed by atoms with Gasteiger partial charge in [0.2, 0.25) is 0 Å². The number of hydrogen-bond acceptors (Lipinski definition) is 2. The van der Waals surface area contributed by atoms with Crippen LogP contribution in [0.25, 0.3) is 0 Å². The summed E-state index contributed by atoms with van der Waals surface area (Å²) in [5, 5.41) is 3.57. The van der Waals surface area contributed by atoms with E-state index in [1.807, 2.05) is 0 Å². The number of piperidine rings is 1. The fourth-order valence-corrected chi connectivity index (χ4v) is 2.57. The molecule has 1 aliphatic rings. The van der Waals surface area contributed by atoms with Crippen molar-refractivity contribution < 1.29 is 0 Å². The Hall–Kier alpha value is -0.0800. The van der Waals surface area contributed by atoms with Crippen molar-refractivity contribution >= 4 is 0 Å². The fraction of sp³-hybridized carbons (Fsp3) is 1.00. The first-order valence-corrected chi connectivity index (χ1v) is 6.73.